The number of anilines is 2. The lowest BCUT2D eigenvalue weighted by atomic mass is 10.1. The number of carbonyl (C=O) groups excluding carboxylic acids is 1. The van der Waals surface area contributed by atoms with Crippen LogP contribution in [0.25, 0.3) is 0 Å². The van der Waals surface area contributed by atoms with E-state index in [-0.39, 0.29) is 5.91 Å². The minimum atomic E-state index is -0.0161. The third kappa shape index (κ3) is 5.07. The molecule has 1 aliphatic heterocycles. The lowest BCUT2D eigenvalue weighted by Crippen LogP contribution is -2.33. The third-order valence-electron chi connectivity index (χ3n) is 4.90. The predicted molar refractivity (Wildman–Crippen MR) is 108 cm³/mol. The number of amides is 1. The molecule has 3 rings (SSSR count). The van der Waals surface area contributed by atoms with Gasteiger partial charge in [0.1, 0.15) is 12.2 Å². The maximum atomic E-state index is 12.6. The van der Waals surface area contributed by atoms with Crippen LogP contribution in [0.2, 0.25) is 0 Å². The van der Waals surface area contributed by atoms with Gasteiger partial charge in [0.25, 0.3) is 0 Å². The lowest BCUT2D eigenvalue weighted by molar-refractivity contribution is -0.117. The van der Waals surface area contributed by atoms with E-state index in [9.17, 15) is 4.79 Å². The van der Waals surface area contributed by atoms with E-state index in [4.69, 9.17) is 0 Å². The van der Waals surface area contributed by atoms with Gasteiger partial charge in [0.2, 0.25) is 5.91 Å². The summed E-state index contributed by atoms with van der Waals surface area (Å²) in [5.41, 5.74) is 2.01. The first kappa shape index (κ1) is 19.4. The minimum Gasteiger partial charge on any atom is -0.370 e. The van der Waals surface area contributed by atoms with Crippen LogP contribution >= 0.6 is 0 Å². The second-order valence-electron chi connectivity index (χ2n) is 7.53. The van der Waals surface area contributed by atoms with Gasteiger partial charge in [0.05, 0.1) is 24.5 Å². The van der Waals surface area contributed by atoms with E-state index in [1.165, 1.54) is 19.3 Å². The Hall–Kier alpha value is -2.41. The topological polar surface area (TPSA) is 66.3 Å². The molecule has 1 aromatic heterocycles. The fourth-order valence-electron chi connectivity index (χ4n) is 3.53. The number of hydrogen-bond donors (Lipinski definition) is 1. The largest absolute Gasteiger partial charge is 0.370 e. The number of nitrogens with one attached hydrogen (secondary N) is 1. The maximum Gasteiger partial charge on any atom is 0.238 e. The molecule has 146 valence electrons. The number of hydrogen-bond acceptors (Lipinski definition) is 5. The Labute approximate surface area is 161 Å². The average molecular weight is 371 g/mol. The van der Waals surface area contributed by atoms with Gasteiger partial charge in [0.15, 0.2) is 0 Å². The number of piperidine rings is 1. The van der Waals surface area contributed by atoms with E-state index in [2.05, 4.69) is 40.3 Å². The van der Waals surface area contributed by atoms with Gasteiger partial charge in [-0.3, -0.25) is 9.69 Å². The standard InChI is InChI=1S/C20H30N6O/c1-16(2)26-15-21-23-19(26)13-24(3)14-20(27)22-17-9-5-6-10-18(17)25-11-7-4-8-12-25/h5-6,9-10,15-16H,4,7-8,11-14H2,1-3H3,(H,22,27). The number of aromatic nitrogens is 3. The van der Waals surface area contributed by atoms with Crippen molar-refractivity contribution in [2.24, 2.45) is 0 Å². The number of carbonyl (C=O) groups is 1. The van der Waals surface area contributed by atoms with Gasteiger partial charge in [0, 0.05) is 19.1 Å². The molecule has 1 N–H and O–H groups in total. The molecule has 0 spiro atoms. The number of rotatable bonds is 7. The third-order valence-corrected chi connectivity index (χ3v) is 4.90. The maximum absolute atomic E-state index is 12.6. The summed E-state index contributed by atoms with van der Waals surface area (Å²) in [7, 11) is 1.93. The SMILES string of the molecule is CC(C)n1cnnc1CN(C)CC(=O)Nc1ccccc1N1CCCCC1. The first-order valence-electron chi connectivity index (χ1n) is 9.75. The van der Waals surface area contributed by atoms with Gasteiger partial charge in [-0.05, 0) is 52.3 Å². The summed E-state index contributed by atoms with van der Waals surface area (Å²) in [5, 5.41) is 11.3. The average Bonchev–Trinajstić information content (AvgIpc) is 3.11. The van der Waals surface area contributed by atoms with Crippen molar-refractivity contribution in [2.45, 2.75) is 45.7 Å². The second-order valence-corrected chi connectivity index (χ2v) is 7.53. The molecule has 1 amide bonds. The molecule has 0 unspecified atom stereocenters. The molecule has 2 aromatic rings. The molecule has 0 saturated carbocycles. The van der Waals surface area contributed by atoms with Gasteiger partial charge in [-0.15, -0.1) is 10.2 Å². The summed E-state index contributed by atoms with van der Waals surface area (Å²) >= 11 is 0. The number of nitrogens with zero attached hydrogens (tertiary/aromatic N) is 5. The van der Waals surface area contributed by atoms with Gasteiger partial charge < -0.3 is 14.8 Å². The van der Waals surface area contributed by atoms with E-state index in [0.717, 1.165) is 30.3 Å². The van der Waals surface area contributed by atoms with Crippen LogP contribution in [0.15, 0.2) is 30.6 Å². The number of para-hydroxylation sites is 2. The Kier molecular flexibility index (Phi) is 6.45. The first-order chi connectivity index (χ1) is 13.0. The zero-order valence-corrected chi connectivity index (χ0v) is 16.6. The minimum absolute atomic E-state index is 0.0161. The molecule has 27 heavy (non-hydrogen) atoms. The quantitative estimate of drug-likeness (QED) is 0.812. The summed E-state index contributed by atoms with van der Waals surface area (Å²) < 4.78 is 2.03. The van der Waals surface area contributed by atoms with E-state index < -0.39 is 0 Å². The molecule has 7 nitrogen and oxygen atoms in total. The van der Waals surface area contributed by atoms with Crippen LogP contribution in [0.5, 0.6) is 0 Å². The molecule has 1 fully saturated rings. The molecule has 1 aromatic carbocycles. The van der Waals surface area contributed by atoms with Crippen LogP contribution in [-0.2, 0) is 11.3 Å². The molecule has 1 saturated heterocycles. The van der Waals surface area contributed by atoms with E-state index in [1.54, 1.807) is 6.33 Å². The van der Waals surface area contributed by atoms with Crippen molar-refractivity contribution < 1.29 is 4.79 Å². The van der Waals surface area contributed by atoms with Crippen LogP contribution < -0.4 is 10.2 Å². The van der Waals surface area contributed by atoms with Crippen LogP contribution in [-0.4, -0.2) is 52.3 Å². The monoisotopic (exact) mass is 370 g/mol. The first-order valence-corrected chi connectivity index (χ1v) is 9.75. The molecule has 0 aliphatic carbocycles. The molecule has 1 aliphatic rings. The normalized spacial score (nSPS) is 14.8. The fraction of sp³-hybridized carbons (Fsp3) is 0.550. The molecule has 0 atom stereocenters. The highest BCUT2D eigenvalue weighted by Crippen LogP contribution is 2.28. The van der Waals surface area contributed by atoms with Crippen LogP contribution in [0.3, 0.4) is 0 Å². The Balaban J connectivity index is 1.60. The van der Waals surface area contributed by atoms with Crippen molar-refractivity contribution in [1.82, 2.24) is 19.7 Å². The van der Waals surface area contributed by atoms with E-state index in [0.29, 0.717) is 19.1 Å². The Morgan fingerprint density at radius 2 is 1.96 bits per heavy atom. The highest BCUT2D eigenvalue weighted by Gasteiger charge is 2.17. The Morgan fingerprint density at radius 1 is 1.22 bits per heavy atom. The molecular weight excluding hydrogens is 340 g/mol. The van der Waals surface area contributed by atoms with Gasteiger partial charge in [-0.2, -0.15) is 0 Å². The summed E-state index contributed by atoms with van der Waals surface area (Å²) in [6, 6.07) is 8.38. The van der Waals surface area contributed by atoms with E-state index >= 15 is 0 Å². The zero-order chi connectivity index (χ0) is 19.2. The van der Waals surface area contributed by atoms with Crippen molar-refractivity contribution >= 4 is 17.3 Å². The smallest absolute Gasteiger partial charge is 0.238 e. The fourth-order valence-corrected chi connectivity index (χ4v) is 3.53. The Bertz CT molecular complexity index is 750. The number of benzene rings is 1. The predicted octanol–water partition coefficient (Wildman–Crippen LogP) is 2.92. The van der Waals surface area contributed by atoms with E-state index in [1.807, 2.05) is 34.7 Å². The van der Waals surface area contributed by atoms with Gasteiger partial charge in [-0.25, -0.2) is 0 Å². The van der Waals surface area contributed by atoms with Crippen molar-refractivity contribution in [3.63, 3.8) is 0 Å². The summed E-state index contributed by atoms with van der Waals surface area (Å²) in [4.78, 5) is 16.9. The van der Waals surface area contributed by atoms with Crippen molar-refractivity contribution in [1.29, 1.82) is 0 Å². The van der Waals surface area contributed by atoms with Crippen molar-refractivity contribution in [3.05, 3.63) is 36.4 Å². The Morgan fingerprint density at radius 3 is 2.70 bits per heavy atom. The van der Waals surface area contributed by atoms with Crippen LogP contribution in [0.1, 0.15) is 45.0 Å². The van der Waals surface area contributed by atoms with Crippen molar-refractivity contribution in [2.75, 3.05) is 36.9 Å². The number of likely N-dealkylation sites (N-methyl/N-ethyl adjacent to an activating group) is 1. The molecule has 0 radical (unpaired) electrons. The second kappa shape index (κ2) is 8.99. The molecule has 7 heteroatoms. The van der Waals surface area contributed by atoms with Gasteiger partial charge >= 0.3 is 0 Å². The summed E-state index contributed by atoms with van der Waals surface area (Å²) in [5.74, 6) is 0.853. The van der Waals surface area contributed by atoms with Crippen LogP contribution in [0.4, 0.5) is 11.4 Å². The van der Waals surface area contributed by atoms with Crippen molar-refractivity contribution in [3.8, 4) is 0 Å². The zero-order valence-electron chi connectivity index (χ0n) is 16.6. The van der Waals surface area contributed by atoms with Crippen LogP contribution in [0, 0.1) is 0 Å². The highest BCUT2D eigenvalue weighted by atomic mass is 16.2. The molecule has 2 heterocycles. The molecule has 0 bridgehead atoms. The molecular formula is C20H30N6O. The van der Waals surface area contributed by atoms with Gasteiger partial charge in [-0.1, -0.05) is 12.1 Å². The summed E-state index contributed by atoms with van der Waals surface area (Å²) in [6.07, 6.45) is 5.45. The lowest BCUT2D eigenvalue weighted by Gasteiger charge is -2.30. The highest BCUT2D eigenvalue weighted by molar-refractivity contribution is 5.95. The summed E-state index contributed by atoms with van der Waals surface area (Å²) in [6.45, 7) is 7.18.